The number of rotatable bonds is 4. The maximum absolute atomic E-state index is 4.32. The van der Waals surface area contributed by atoms with Gasteiger partial charge in [-0.2, -0.15) is 0 Å². The number of hydrogen-bond acceptors (Lipinski definition) is 4. The van der Waals surface area contributed by atoms with Gasteiger partial charge in [-0.3, -0.25) is 4.90 Å². The molecule has 1 unspecified atom stereocenters. The van der Waals surface area contributed by atoms with Crippen molar-refractivity contribution in [3.05, 3.63) is 18.2 Å². The lowest BCUT2D eigenvalue weighted by Crippen LogP contribution is -2.51. The van der Waals surface area contributed by atoms with E-state index in [4.69, 9.17) is 0 Å². The average molecular weight is 279 g/mol. The summed E-state index contributed by atoms with van der Waals surface area (Å²) in [5.41, 5.74) is 1.40. The van der Waals surface area contributed by atoms with Crippen molar-refractivity contribution in [2.75, 3.05) is 33.7 Å². The summed E-state index contributed by atoms with van der Waals surface area (Å²) in [6, 6.07) is 0.566. The van der Waals surface area contributed by atoms with Crippen molar-refractivity contribution in [1.82, 2.24) is 24.7 Å². The maximum atomic E-state index is 4.32. The number of likely N-dealkylation sites (N-methyl/N-ethyl adjacent to an activating group) is 2. The van der Waals surface area contributed by atoms with Crippen molar-refractivity contribution in [2.45, 2.75) is 45.4 Å². The summed E-state index contributed by atoms with van der Waals surface area (Å²) < 4.78 is 2.29. The summed E-state index contributed by atoms with van der Waals surface area (Å²) in [6.45, 7) is 11.9. The fraction of sp³-hybridized carbons (Fsp3) is 0.800. The largest absolute Gasteiger partial charge is 0.332 e. The Kier molecular flexibility index (Phi) is 4.83. The molecule has 20 heavy (non-hydrogen) atoms. The van der Waals surface area contributed by atoms with Gasteiger partial charge in [0.05, 0.1) is 12.0 Å². The van der Waals surface area contributed by atoms with Crippen molar-refractivity contribution in [1.29, 1.82) is 0 Å². The minimum Gasteiger partial charge on any atom is -0.332 e. The highest BCUT2D eigenvalue weighted by atomic mass is 15.3. The molecule has 1 aromatic rings. The van der Waals surface area contributed by atoms with Crippen LogP contribution in [0.15, 0.2) is 12.5 Å². The normalized spacial score (nSPS) is 22.4. The highest BCUT2D eigenvalue weighted by Gasteiger charge is 2.23. The van der Waals surface area contributed by atoms with E-state index in [0.29, 0.717) is 6.04 Å². The zero-order valence-electron chi connectivity index (χ0n) is 13.6. The molecule has 2 heterocycles. The SMILES string of the molecule is CN1CCN(C)C(Cn2cncc2CNC(C)(C)C)C1. The first kappa shape index (κ1) is 15.5. The van der Waals surface area contributed by atoms with Crippen molar-refractivity contribution in [3.63, 3.8) is 0 Å². The minimum atomic E-state index is 0.136. The van der Waals surface area contributed by atoms with Crippen LogP contribution in [0.25, 0.3) is 0 Å². The second-order valence-electron chi connectivity index (χ2n) is 7.04. The molecule has 0 aromatic carbocycles. The first-order chi connectivity index (χ1) is 9.35. The number of piperazine rings is 1. The predicted molar refractivity (Wildman–Crippen MR) is 82.7 cm³/mol. The Morgan fingerprint density at radius 1 is 1.30 bits per heavy atom. The Labute approximate surface area is 123 Å². The number of imidazole rings is 1. The van der Waals surface area contributed by atoms with Crippen LogP contribution in [0, 0.1) is 0 Å². The molecule has 0 amide bonds. The summed E-state index contributed by atoms with van der Waals surface area (Å²) in [4.78, 5) is 9.19. The Hall–Kier alpha value is -0.910. The second-order valence-corrected chi connectivity index (χ2v) is 7.04. The molecule has 1 aliphatic rings. The van der Waals surface area contributed by atoms with Crippen LogP contribution in [-0.4, -0.2) is 64.7 Å². The fourth-order valence-electron chi connectivity index (χ4n) is 2.54. The highest BCUT2D eigenvalue weighted by molar-refractivity contribution is 5.00. The van der Waals surface area contributed by atoms with Gasteiger partial charge < -0.3 is 14.8 Å². The maximum Gasteiger partial charge on any atom is 0.0949 e. The van der Waals surface area contributed by atoms with Gasteiger partial charge in [0.1, 0.15) is 0 Å². The molecule has 1 N–H and O–H groups in total. The monoisotopic (exact) mass is 279 g/mol. The molecule has 1 atom stereocenters. The number of aromatic nitrogens is 2. The van der Waals surface area contributed by atoms with Crippen molar-refractivity contribution < 1.29 is 0 Å². The molecule has 114 valence electrons. The van der Waals surface area contributed by atoms with E-state index in [0.717, 1.165) is 32.7 Å². The first-order valence-corrected chi connectivity index (χ1v) is 7.48. The van der Waals surface area contributed by atoms with E-state index in [2.05, 4.69) is 59.5 Å². The van der Waals surface area contributed by atoms with Crippen LogP contribution in [0.5, 0.6) is 0 Å². The van der Waals surface area contributed by atoms with Gasteiger partial charge in [-0.05, 0) is 34.9 Å². The predicted octanol–water partition coefficient (Wildman–Crippen LogP) is 1.02. The molecular formula is C15H29N5. The van der Waals surface area contributed by atoms with Gasteiger partial charge in [0.2, 0.25) is 0 Å². The molecule has 5 heteroatoms. The lowest BCUT2D eigenvalue weighted by Gasteiger charge is -2.38. The van der Waals surface area contributed by atoms with Crippen molar-refractivity contribution in [2.24, 2.45) is 0 Å². The molecule has 0 saturated carbocycles. The van der Waals surface area contributed by atoms with Gasteiger partial charge >= 0.3 is 0 Å². The molecule has 1 saturated heterocycles. The van der Waals surface area contributed by atoms with E-state index in [1.54, 1.807) is 0 Å². The lowest BCUT2D eigenvalue weighted by atomic mass is 10.1. The Balaban J connectivity index is 1.97. The summed E-state index contributed by atoms with van der Waals surface area (Å²) >= 11 is 0. The van der Waals surface area contributed by atoms with E-state index in [1.165, 1.54) is 5.69 Å². The number of nitrogens with one attached hydrogen (secondary N) is 1. The van der Waals surface area contributed by atoms with Gasteiger partial charge in [0.25, 0.3) is 0 Å². The van der Waals surface area contributed by atoms with E-state index in [9.17, 15) is 0 Å². The molecule has 0 spiro atoms. The van der Waals surface area contributed by atoms with Gasteiger partial charge in [-0.15, -0.1) is 0 Å². The Bertz CT molecular complexity index is 420. The van der Waals surface area contributed by atoms with Gasteiger partial charge in [-0.1, -0.05) is 0 Å². The third kappa shape index (κ3) is 4.30. The van der Waals surface area contributed by atoms with Crippen LogP contribution in [0.2, 0.25) is 0 Å². The molecule has 5 nitrogen and oxygen atoms in total. The Morgan fingerprint density at radius 2 is 2.05 bits per heavy atom. The number of hydrogen-bond donors (Lipinski definition) is 1. The summed E-state index contributed by atoms with van der Waals surface area (Å²) in [6.07, 6.45) is 3.94. The van der Waals surface area contributed by atoms with Gasteiger partial charge in [0, 0.05) is 50.5 Å². The molecule has 0 bridgehead atoms. The summed E-state index contributed by atoms with van der Waals surface area (Å²) in [7, 11) is 4.43. The smallest absolute Gasteiger partial charge is 0.0949 e. The third-order valence-corrected chi connectivity index (χ3v) is 3.99. The van der Waals surface area contributed by atoms with Gasteiger partial charge in [-0.25, -0.2) is 4.98 Å². The topological polar surface area (TPSA) is 36.3 Å². The van der Waals surface area contributed by atoms with Crippen LogP contribution in [-0.2, 0) is 13.1 Å². The zero-order valence-corrected chi connectivity index (χ0v) is 13.6. The van der Waals surface area contributed by atoms with Gasteiger partial charge in [0.15, 0.2) is 0 Å². The van der Waals surface area contributed by atoms with E-state index in [1.807, 2.05) is 12.5 Å². The molecule has 0 radical (unpaired) electrons. The Morgan fingerprint density at radius 3 is 2.75 bits per heavy atom. The third-order valence-electron chi connectivity index (χ3n) is 3.99. The fourth-order valence-corrected chi connectivity index (χ4v) is 2.54. The second kappa shape index (κ2) is 6.24. The molecular weight excluding hydrogens is 250 g/mol. The van der Waals surface area contributed by atoms with Crippen LogP contribution < -0.4 is 5.32 Å². The van der Waals surface area contributed by atoms with Crippen molar-refractivity contribution in [3.8, 4) is 0 Å². The molecule has 1 fully saturated rings. The lowest BCUT2D eigenvalue weighted by molar-refractivity contribution is 0.102. The molecule has 1 aromatic heterocycles. The minimum absolute atomic E-state index is 0.136. The molecule has 1 aliphatic heterocycles. The highest BCUT2D eigenvalue weighted by Crippen LogP contribution is 2.11. The van der Waals surface area contributed by atoms with Crippen LogP contribution in [0.3, 0.4) is 0 Å². The molecule has 2 rings (SSSR count). The van der Waals surface area contributed by atoms with E-state index < -0.39 is 0 Å². The van der Waals surface area contributed by atoms with Crippen LogP contribution in [0.1, 0.15) is 26.5 Å². The first-order valence-electron chi connectivity index (χ1n) is 7.48. The summed E-state index contributed by atoms with van der Waals surface area (Å²) in [5.74, 6) is 0. The summed E-state index contributed by atoms with van der Waals surface area (Å²) in [5, 5.41) is 3.54. The van der Waals surface area contributed by atoms with E-state index in [-0.39, 0.29) is 5.54 Å². The van der Waals surface area contributed by atoms with E-state index >= 15 is 0 Å². The standard InChI is InChI=1S/C15H29N5/c1-15(2,3)17-9-13-8-16-12-20(13)11-14-10-18(4)6-7-19(14)5/h8,12,14,17H,6-7,9-11H2,1-5H3. The number of nitrogens with zero attached hydrogens (tertiary/aromatic N) is 4. The molecule has 0 aliphatic carbocycles. The van der Waals surface area contributed by atoms with Crippen LogP contribution in [0.4, 0.5) is 0 Å². The average Bonchev–Trinajstić information content (AvgIpc) is 2.78. The zero-order chi connectivity index (χ0) is 14.8. The quantitative estimate of drug-likeness (QED) is 0.893. The van der Waals surface area contributed by atoms with Crippen molar-refractivity contribution >= 4 is 0 Å². The van der Waals surface area contributed by atoms with Crippen LogP contribution >= 0.6 is 0 Å².